The number of nitrogens with zero attached hydrogens (tertiary/aromatic N) is 3. The summed E-state index contributed by atoms with van der Waals surface area (Å²) in [6.45, 7) is 0. The lowest BCUT2D eigenvalue weighted by atomic mass is 9.83. The van der Waals surface area contributed by atoms with Crippen molar-refractivity contribution in [2.24, 2.45) is 0 Å². The number of sulfonamides is 1. The van der Waals surface area contributed by atoms with Gasteiger partial charge < -0.3 is 5.32 Å². The van der Waals surface area contributed by atoms with E-state index in [1.807, 2.05) is 30.3 Å². The second-order valence-electron chi connectivity index (χ2n) is 7.93. The van der Waals surface area contributed by atoms with Crippen molar-refractivity contribution in [3.05, 3.63) is 82.8 Å². The number of nitriles is 1. The van der Waals surface area contributed by atoms with E-state index < -0.39 is 10.0 Å². The van der Waals surface area contributed by atoms with Crippen molar-refractivity contribution in [1.29, 1.82) is 5.26 Å². The Morgan fingerprint density at radius 2 is 1.91 bits per heavy atom. The fourth-order valence-corrected chi connectivity index (χ4v) is 4.81. The van der Waals surface area contributed by atoms with E-state index in [-0.39, 0.29) is 16.9 Å². The molecule has 1 atom stereocenters. The molecule has 33 heavy (non-hydrogen) atoms. The van der Waals surface area contributed by atoms with Crippen molar-refractivity contribution >= 4 is 43.9 Å². The van der Waals surface area contributed by atoms with Gasteiger partial charge in [-0.2, -0.15) is 5.26 Å². The topological polar surface area (TPSA) is 108 Å². The third-order valence-electron chi connectivity index (χ3n) is 5.63. The zero-order valence-electron chi connectivity index (χ0n) is 17.5. The Hall–Kier alpha value is -3.67. The van der Waals surface area contributed by atoms with E-state index in [1.165, 1.54) is 11.1 Å². The number of rotatable bonds is 5. The molecule has 2 N–H and O–H groups in total. The highest BCUT2D eigenvalue weighted by Gasteiger charge is 2.26. The van der Waals surface area contributed by atoms with Gasteiger partial charge in [0.1, 0.15) is 6.07 Å². The zero-order chi connectivity index (χ0) is 23.2. The second kappa shape index (κ2) is 8.03. The minimum atomic E-state index is -3.51. The molecule has 0 spiro atoms. The Morgan fingerprint density at radius 3 is 2.67 bits per heavy atom. The number of nitrogens with one attached hydrogen (secondary N) is 2. The van der Waals surface area contributed by atoms with Crippen LogP contribution in [0, 0.1) is 11.3 Å². The van der Waals surface area contributed by atoms with Crippen LogP contribution in [0.25, 0.3) is 22.0 Å². The average Bonchev–Trinajstić information content (AvgIpc) is 2.77. The number of pyridine rings is 2. The molecule has 2 aromatic heterocycles. The number of halogens is 1. The third kappa shape index (κ3) is 4.09. The first-order chi connectivity index (χ1) is 15.8. The molecule has 2 aromatic carbocycles. The first-order valence-corrected chi connectivity index (χ1v) is 12.4. The SMILES string of the molecule is CS(=O)(=O)Nc1cc(-c2ccc3ncc(C#N)c(NC4Cc5ccccc54)c3c2)cnc1Cl. The van der Waals surface area contributed by atoms with Gasteiger partial charge in [0.05, 0.1) is 34.8 Å². The van der Waals surface area contributed by atoms with Gasteiger partial charge in [0, 0.05) is 23.3 Å². The van der Waals surface area contributed by atoms with Crippen molar-refractivity contribution < 1.29 is 8.42 Å². The maximum absolute atomic E-state index is 11.7. The molecule has 5 rings (SSSR count). The minimum Gasteiger partial charge on any atom is -0.376 e. The highest BCUT2D eigenvalue weighted by Crippen LogP contribution is 2.39. The number of fused-ring (bicyclic) bond motifs is 2. The van der Waals surface area contributed by atoms with Crippen LogP contribution in [0.4, 0.5) is 11.4 Å². The van der Waals surface area contributed by atoms with Crippen LogP contribution in [-0.2, 0) is 16.4 Å². The molecule has 2 heterocycles. The summed E-state index contributed by atoms with van der Waals surface area (Å²) in [6.07, 6.45) is 5.09. The number of benzene rings is 2. The molecule has 1 unspecified atom stereocenters. The molecular formula is C24H18ClN5O2S. The molecule has 4 aromatic rings. The lowest BCUT2D eigenvalue weighted by Gasteiger charge is -2.32. The minimum absolute atomic E-state index is 0.0596. The lowest BCUT2D eigenvalue weighted by molar-refractivity contribution is 0.607. The highest BCUT2D eigenvalue weighted by molar-refractivity contribution is 7.92. The van der Waals surface area contributed by atoms with Gasteiger partial charge in [-0.25, -0.2) is 13.4 Å². The number of aromatic nitrogens is 2. The van der Waals surface area contributed by atoms with E-state index in [0.29, 0.717) is 11.1 Å². The molecule has 0 saturated heterocycles. The summed E-state index contributed by atoms with van der Waals surface area (Å²) in [5.74, 6) is 0. The summed E-state index contributed by atoms with van der Waals surface area (Å²) in [7, 11) is -3.51. The Bertz CT molecular complexity index is 1560. The summed E-state index contributed by atoms with van der Waals surface area (Å²) in [4.78, 5) is 8.56. The average molecular weight is 476 g/mol. The van der Waals surface area contributed by atoms with E-state index in [0.717, 1.165) is 34.8 Å². The molecule has 1 aliphatic rings. The van der Waals surface area contributed by atoms with E-state index in [4.69, 9.17) is 11.6 Å². The quantitative estimate of drug-likeness (QED) is 0.397. The Labute approximate surface area is 196 Å². The van der Waals surface area contributed by atoms with Gasteiger partial charge in [-0.3, -0.25) is 9.71 Å². The van der Waals surface area contributed by atoms with Gasteiger partial charge in [-0.1, -0.05) is 41.9 Å². The summed E-state index contributed by atoms with van der Waals surface area (Å²) >= 11 is 6.08. The molecular weight excluding hydrogens is 458 g/mol. The molecule has 1 aliphatic carbocycles. The Morgan fingerprint density at radius 1 is 1.09 bits per heavy atom. The number of hydrogen-bond acceptors (Lipinski definition) is 6. The monoisotopic (exact) mass is 475 g/mol. The third-order valence-corrected chi connectivity index (χ3v) is 6.52. The van der Waals surface area contributed by atoms with Gasteiger partial charge in [0.25, 0.3) is 0 Å². The first-order valence-electron chi connectivity index (χ1n) is 10.1. The fourth-order valence-electron chi connectivity index (χ4n) is 4.05. The molecule has 0 saturated carbocycles. The fraction of sp³-hybridized carbons (Fsp3) is 0.125. The van der Waals surface area contributed by atoms with Crippen LogP contribution in [0.5, 0.6) is 0 Å². The zero-order valence-corrected chi connectivity index (χ0v) is 19.1. The van der Waals surface area contributed by atoms with Gasteiger partial charge >= 0.3 is 0 Å². The van der Waals surface area contributed by atoms with Crippen molar-refractivity contribution in [2.75, 3.05) is 16.3 Å². The normalized spacial score (nSPS) is 14.8. The summed E-state index contributed by atoms with van der Waals surface area (Å²) < 4.78 is 25.7. The predicted octanol–water partition coefficient (Wildman–Crippen LogP) is 4.90. The molecule has 0 fully saturated rings. The second-order valence-corrected chi connectivity index (χ2v) is 10.0. The smallest absolute Gasteiger partial charge is 0.229 e. The summed E-state index contributed by atoms with van der Waals surface area (Å²) in [6, 6.07) is 17.9. The maximum Gasteiger partial charge on any atom is 0.229 e. The van der Waals surface area contributed by atoms with Crippen LogP contribution < -0.4 is 10.0 Å². The van der Waals surface area contributed by atoms with Crippen LogP contribution in [0.2, 0.25) is 5.15 Å². The van der Waals surface area contributed by atoms with Crippen LogP contribution >= 0.6 is 11.6 Å². The maximum atomic E-state index is 11.7. The van der Waals surface area contributed by atoms with Gasteiger partial charge in [0.2, 0.25) is 10.0 Å². The molecule has 9 heteroatoms. The van der Waals surface area contributed by atoms with Gasteiger partial charge in [-0.05, 0) is 41.3 Å². The largest absolute Gasteiger partial charge is 0.376 e. The number of anilines is 2. The standard InChI is InChI=1S/C24H18ClN5O2S/c1-33(31,32)30-22-10-16(12-28-24(22)25)14-6-7-20-19(8-14)23(17(11-26)13-27-20)29-21-9-15-4-2-3-5-18(15)21/h2-8,10,12-13,21,30H,9H2,1H3,(H,27,29). The van der Waals surface area contributed by atoms with E-state index in [2.05, 4.69) is 38.2 Å². The highest BCUT2D eigenvalue weighted by atomic mass is 35.5. The molecule has 0 bridgehead atoms. The van der Waals surface area contributed by atoms with Crippen LogP contribution in [0.15, 0.2) is 60.9 Å². The van der Waals surface area contributed by atoms with Gasteiger partial charge in [0.15, 0.2) is 5.15 Å². The van der Waals surface area contributed by atoms with Crippen LogP contribution in [0.3, 0.4) is 0 Å². The van der Waals surface area contributed by atoms with Crippen LogP contribution in [-0.4, -0.2) is 24.6 Å². The lowest BCUT2D eigenvalue weighted by Crippen LogP contribution is -2.24. The summed E-state index contributed by atoms with van der Waals surface area (Å²) in [5, 5.41) is 14.1. The van der Waals surface area contributed by atoms with E-state index in [9.17, 15) is 13.7 Å². The predicted molar refractivity (Wildman–Crippen MR) is 130 cm³/mol. The van der Waals surface area contributed by atoms with Crippen molar-refractivity contribution in [1.82, 2.24) is 9.97 Å². The summed E-state index contributed by atoms with van der Waals surface area (Å²) in [5.41, 5.74) is 6.10. The molecule has 164 valence electrons. The van der Waals surface area contributed by atoms with Crippen LogP contribution in [0.1, 0.15) is 22.7 Å². The first kappa shape index (κ1) is 21.2. The van der Waals surface area contributed by atoms with Gasteiger partial charge in [-0.15, -0.1) is 0 Å². The molecule has 7 nitrogen and oxygen atoms in total. The Kier molecular flexibility index (Phi) is 5.16. The molecule has 0 aliphatic heterocycles. The van der Waals surface area contributed by atoms with Crippen molar-refractivity contribution in [2.45, 2.75) is 12.5 Å². The van der Waals surface area contributed by atoms with E-state index in [1.54, 1.807) is 18.5 Å². The van der Waals surface area contributed by atoms with Crippen molar-refractivity contribution in [3.8, 4) is 17.2 Å². The number of hydrogen-bond donors (Lipinski definition) is 2. The van der Waals surface area contributed by atoms with Crippen molar-refractivity contribution in [3.63, 3.8) is 0 Å². The molecule has 0 amide bonds. The van der Waals surface area contributed by atoms with E-state index >= 15 is 0 Å². The molecule has 0 radical (unpaired) electrons. The Balaban J connectivity index is 1.59.